The largest absolute Gasteiger partial charge is 0.497 e. The van der Waals surface area contributed by atoms with Crippen molar-refractivity contribution < 1.29 is 19.1 Å². The van der Waals surface area contributed by atoms with Gasteiger partial charge in [0.15, 0.2) is 0 Å². The van der Waals surface area contributed by atoms with Gasteiger partial charge in [-0.15, -0.1) is 0 Å². The predicted molar refractivity (Wildman–Crippen MR) is 84.7 cm³/mol. The molecular weight excluding hydrogens is 314 g/mol. The van der Waals surface area contributed by atoms with Gasteiger partial charge in [-0.2, -0.15) is 0 Å². The van der Waals surface area contributed by atoms with Crippen molar-refractivity contribution in [3.05, 3.63) is 48.0 Å². The van der Waals surface area contributed by atoms with Gasteiger partial charge in [0, 0.05) is 18.3 Å². The molecule has 0 radical (unpaired) electrons. The second-order valence-corrected chi connectivity index (χ2v) is 4.91. The standard InChI is InChI=1S/C15H19N5O4/c1-23-12-4-2-10(3-5-12)8-24-15(22)19-13(14(21)20-16)6-11-7-17-9-18-11/h2-5,7,9,13H,6,8,16H2,1H3,(H,17,18)(H,19,22)(H,20,21)/t13-/m0/s1. The highest BCUT2D eigenvalue weighted by atomic mass is 16.5. The number of hydrogen-bond acceptors (Lipinski definition) is 6. The SMILES string of the molecule is COc1ccc(COC(=O)N[C@@H](Cc2cnc[nH]2)C(=O)NN)cc1. The maximum Gasteiger partial charge on any atom is 0.408 e. The molecule has 0 aliphatic rings. The molecule has 0 fully saturated rings. The van der Waals surface area contributed by atoms with E-state index in [1.165, 1.54) is 6.33 Å². The van der Waals surface area contributed by atoms with Crippen LogP contribution in [0.4, 0.5) is 4.79 Å². The molecule has 2 aromatic rings. The van der Waals surface area contributed by atoms with Crippen molar-refractivity contribution in [2.24, 2.45) is 5.84 Å². The monoisotopic (exact) mass is 333 g/mol. The average molecular weight is 333 g/mol. The van der Waals surface area contributed by atoms with E-state index in [2.05, 4.69) is 15.3 Å². The number of alkyl carbamates (subject to hydrolysis) is 1. The molecule has 0 spiro atoms. The maximum atomic E-state index is 11.9. The number of nitrogens with two attached hydrogens (primary N) is 1. The summed E-state index contributed by atoms with van der Waals surface area (Å²) in [7, 11) is 1.57. The molecule has 128 valence electrons. The minimum Gasteiger partial charge on any atom is -0.497 e. The van der Waals surface area contributed by atoms with E-state index in [1.54, 1.807) is 37.6 Å². The predicted octanol–water partition coefficient (Wildman–Crippen LogP) is 0.246. The summed E-state index contributed by atoms with van der Waals surface area (Å²) >= 11 is 0. The van der Waals surface area contributed by atoms with E-state index in [9.17, 15) is 9.59 Å². The van der Waals surface area contributed by atoms with Gasteiger partial charge in [0.25, 0.3) is 5.91 Å². The Morgan fingerprint density at radius 2 is 2.08 bits per heavy atom. The number of hydrazine groups is 1. The smallest absolute Gasteiger partial charge is 0.408 e. The second-order valence-electron chi connectivity index (χ2n) is 4.91. The average Bonchev–Trinajstić information content (AvgIpc) is 3.12. The Morgan fingerprint density at radius 3 is 2.67 bits per heavy atom. The molecule has 0 saturated heterocycles. The third kappa shape index (κ3) is 4.99. The fourth-order valence-electron chi connectivity index (χ4n) is 1.98. The Hall–Kier alpha value is -3.07. The summed E-state index contributed by atoms with van der Waals surface area (Å²) in [5, 5.41) is 2.47. The zero-order valence-electron chi connectivity index (χ0n) is 13.1. The minimum absolute atomic E-state index is 0.0663. The van der Waals surface area contributed by atoms with Crippen LogP contribution in [0, 0.1) is 0 Å². The Morgan fingerprint density at radius 1 is 1.33 bits per heavy atom. The number of ether oxygens (including phenoxy) is 2. The Bertz CT molecular complexity index is 657. The Labute approximate surface area is 138 Å². The number of hydrogen-bond donors (Lipinski definition) is 4. The lowest BCUT2D eigenvalue weighted by molar-refractivity contribution is -0.123. The van der Waals surface area contributed by atoms with E-state index in [1.807, 2.05) is 5.43 Å². The van der Waals surface area contributed by atoms with Gasteiger partial charge in [0.1, 0.15) is 18.4 Å². The number of aromatic nitrogens is 2. The molecule has 1 aromatic heterocycles. The lowest BCUT2D eigenvalue weighted by Crippen LogP contribution is -2.50. The number of methoxy groups -OCH3 is 1. The van der Waals surface area contributed by atoms with Gasteiger partial charge in [-0.3, -0.25) is 10.2 Å². The van der Waals surface area contributed by atoms with Crippen LogP contribution in [0.5, 0.6) is 5.75 Å². The second kappa shape index (κ2) is 8.53. The van der Waals surface area contributed by atoms with Crippen LogP contribution >= 0.6 is 0 Å². The zero-order chi connectivity index (χ0) is 17.4. The first-order chi connectivity index (χ1) is 11.6. The van der Waals surface area contributed by atoms with E-state index < -0.39 is 18.0 Å². The summed E-state index contributed by atoms with van der Waals surface area (Å²) in [6, 6.07) is 6.21. The third-order valence-corrected chi connectivity index (χ3v) is 3.26. The molecule has 0 saturated carbocycles. The van der Waals surface area contributed by atoms with Gasteiger partial charge in [0.2, 0.25) is 0 Å². The van der Waals surface area contributed by atoms with Crippen LogP contribution in [-0.2, 0) is 22.6 Å². The number of H-pyrrole nitrogens is 1. The third-order valence-electron chi connectivity index (χ3n) is 3.26. The van der Waals surface area contributed by atoms with Crippen LogP contribution in [0.25, 0.3) is 0 Å². The van der Waals surface area contributed by atoms with Gasteiger partial charge in [-0.1, -0.05) is 12.1 Å². The zero-order valence-corrected chi connectivity index (χ0v) is 13.1. The number of nitrogens with zero attached hydrogens (tertiary/aromatic N) is 1. The molecule has 9 heteroatoms. The van der Waals surface area contributed by atoms with E-state index in [4.69, 9.17) is 15.3 Å². The molecule has 9 nitrogen and oxygen atoms in total. The first-order valence-electron chi connectivity index (χ1n) is 7.16. The number of nitrogens with one attached hydrogen (secondary N) is 3. The van der Waals surface area contributed by atoms with Crippen molar-refractivity contribution in [3.8, 4) is 5.75 Å². The van der Waals surface area contributed by atoms with Crippen molar-refractivity contribution in [2.75, 3.05) is 7.11 Å². The van der Waals surface area contributed by atoms with Crippen molar-refractivity contribution in [3.63, 3.8) is 0 Å². The molecule has 24 heavy (non-hydrogen) atoms. The molecule has 2 amide bonds. The van der Waals surface area contributed by atoms with Crippen LogP contribution in [0.3, 0.4) is 0 Å². The Balaban J connectivity index is 1.88. The number of rotatable bonds is 7. The van der Waals surface area contributed by atoms with Gasteiger partial charge in [-0.05, 0) is 17.7 Å². The highest BCUT2D eigenvalue weighted by Crippen LogP contribution is 2.12. The Kier molecular flexibility index (Phi) is 6.15. The molecule has 0 unspecified atom stereocenters. The summed E-state index contributed by atoms with van der Waals surface area (Å²) in [6.45, 7) is 0.0663. The van der Waals surface area contributed by atoms with Crippen molar-refractivity contribution in [1.29, 1.82) is 0 Å². The molecule has 1 heterocycles. The minimum atomic E-state index is -0.876. The van der Waals surface area contributed by atoms with E-state index in [0.29, 0.717) is 11.4 Å². The number of carbonyl (C=O) groups excluding carboxylic acids is 2. The van der Waals surface area contributed by atoms with Gasteiger partial charge >= 0.3 is 6.09 Å². The number of imidazole rings is 1. The topological polar surface area (TPSA) is 131 Å². The highest BCUT2D eigenvalue weighted by molar-refractivity contribution is 5.85. The van der Waals surface area contributed by atoms with E-state index in [-0.39, 0.29) is 13.0 Å². The quantitative estimate of drug-likeness (QED) is 0.326. The van der Waals surface area contributed by atoms with Crippen LogP contribution in [0.2, 0.25) is 0 Å². The summed E-state index contributed by atoms with van der Waals surface area (Å²) < 4.78 is 10.2. The molecule has 0 aliphatic carbocycles. The fraction of sp³-hybridized carbons (Fsp3) is 0.267. The molecule has 1 aromatic carbocycles. The first-order valence-corrected chi connectivity index (χ1v) is 7.16. The number of aromatic amines is 1. The fourth-order valence-corrected chi connectivity index (χ4v) is 1.98. The summed E-state index contributed by atoms with van der Waals surface area (Å²) in [5.41, 5.74) is 3.48. The van der Waals surface area contributed by atoms with E-state index in [0.717, 1.165) is 5.56 Å². The number of amides is 2. The summed E-state index contributed by atoms with van der Waals surface area (Å²) in [6.07, 6.45) is 2.52. The first kappa shape index (κ1) is 17.3. The lowest BCUT2D eigenvalue weighted by Gasteiger charge is -2.16. The molecule has 0 aliphatic heterocycles. The highest BCUT2D eigenvalue weighted by Gasteiger charge is 2.21. The van der Waals surface area contributed by atoms with Crippen molar-refractivity contribution in [1.82, 2.24) is 20.7 Å². The van der Waals surface area contributed by atoms with Crippen molar-refractivity contribution in [2.45, 2.75) is 19.1 Å². The molecule has 2 rings (SSSR count). The summed E-state index contributed by atoms with van der Waals surface area (Å²) in [5.74, 6) is 5.32. The molecular formula is C15H19N5O4. The van der Waals surface area contributed by atoms with Crippen LogP contribution in [0.15, 0.2) is 36.8 Å². The van der Waals surface area contributed by atoms with Crippen LogP contribution in [0.1, 0.15) is 11.3 Å². The number of carbonyl (C=O) groups is 2. The number of benzene rings is 1. The lowest BCUT2D eigenvalue weighted by atomic mass is 10.1. The van der Waals surface area contributed by atoms with Crippen LogP contribution in [-0.4, -0.2) is 35.1 Å². The van der Waals surface area contributed by atoms with Crippen LogP contribution < -0.4 is 21.3 Å². The summed E-state index contributed by atoms with van der Waals surface area (Å²) in [4.78, 5) is 30.4. The van der Waals surface area contributed by atoms with Gasteiger partial charge in [-0.25, -0.2) is 15.6 Å². The van der Waals surface area contributed by atoms with Gasteiger partial charge in [0.05, 0.1) is 13.4 Å². The normalized spacial score (nSPS) is 11.4. The molecule has 5 N–H and O–H groups in total. The van der Waals surface area contributed by atoms with Gasteiger partial charge < -0.3 is 19.8 Å². The molecule has 1 atom stereocenters. The van der Waals surface area contributed by atoms with Crippen molar-refractivity contribution >= 4 is 12.0 Å². The van der Waals surface area contributed by atoms with E-state index >= 15 is 0 Å². The maximum absolute atomic E-state index is 11.9. The molecule has 0 bridgehead atoms.